The van der Waals surface area contributed by atoms with Crippen molar-refractivity contribution in [3.63, 3.8) is 0 Å². The maximum atomic E-state index is 2.51. The molecule has 0 saturated heterocycles. The quantitative estimate of drug-likeness (QED) is 0.222. The van der Waals surface area contributed by atoms with E-state index in [2.05, 4.69) is 132 Å². The molecule has 0 spiro atoms. The fraction of sp³-hybridized carbons (Fsp3) is 0.323. The van der Waals surface area contributed by atoms with Gasteiger partial charge in [0.1, 0.15) is 7.05 Å². The zero-order valence-corrected chi connectivity index (χ0v) is 22.6. The largest absolute Gasteiger partial charge is 0.220 e. The van der Waals surface area contributed by atoms with E-state index in [1.165, 1.54) is 50.3 Å². The molecule has 4 aromatic rings. The average molecular weight is 453 g/mol. The maximum absolute atomic E-state index is 2.51. The van der Waals surface area contributed by atoms with Crippen molar-refractivity contribution in [1.82, 2.24) is 0 Å². The predicted octanol–water partition coefficient (Wildman–Crippen LogP) is 7.58. The number of aromatic nitrogens is 1. The SMILES string of the molecule is Cc1cc(-c2ccccc2)cc(-c2c3ccc([Si](C)(C)CC(C)(C)C)cc3cc[n+]2C)c1C. The van der Waals surface area contributed by atoms with Gasteiger partial charge in [-0.3, -0.25) is 0 Å². The first-order chi connectivity index (χ1) is 15.5. The molecule has 1 heterocycles. The van der Waals surface area contributed by atoms with E-state index in [1.807, 2.05) is 0 Å². The summed E-state index contributed by atoms with van der Waals surface area (Å²) in [5.74, 6) is 0. The maximum Gasteiger partial charge on any atom is 0.220 e. The average Bonchev–Trinajstić information content (AvgIpc) is 2.74. The molecule has 1 aromatic heterocycles. The van der Waals surface area contributed by atoms with Crippen LogP contribution in [-0.2, 0) is 7.05 Å². The molecular weight excluding hydrogens is 414 g/mol. The summed E-state index contributed by atoms with van der Waals surface area (Å²) in [6, 6.07) is 26.2. The molecule has 0 aliphatic rings. The lowest BCUT2D eigenvalue weighted by Crippen LogP contribution is -2.44. The number of pyridine rings is 1. The van der Waals surface area contributed by atoms with Crippen molar-refractivity contribution in [1.29, 1.82) is 0 Å². The van der Waals surface area contributed by atoms with Crippen molar-refractivity contribution in [3.8, 4) is 22.4 Å². The molecule has 0 fully saturated rings. The van der Waals surface area contributed by atoms with Gasteiger partial charge in [-0.15, -0.1) is 0 Å². The molecule has 2 heteroatoms. The van der Waals surface area contributed by atoms with E-state index in [9.17, 15) is 0 Å². The summed E-state index contributed by atoms with van der Waals surface area (Å²) in [6.45, 7) is 16.6. The third kappa shape index (κ3) is 4.82. The van der Waals surface area contributed by atoms with Gasteiger partial charge < -0.3 is 0 Å². The highest BCUT2D eigenvalue weighted by Crippen LogP contribution is 2.34. The summed E-state index contributed by atoms with van der Waals surface area (Å²) in [7, 11) is 0.650. The van der Waals surface area contributed by atoms with Gasteiger partial charge in [0.15, 0.2) is 6.20 Å². The van der Waals surface area contributed by atoms with Gasteiger partial charge in [0.25, 0.3) is 0 Å². The second-order valence-corrected chi connectivity index (χ2v) is 16.2. The predicted molar refractivity (Wildman–Crippen MR) is 147 cm³/mol. The highest BCUT2D eigenvalue weighted by Gasteiger charge is 2.30. The third-order valence-electron chi connectivity index (χ3n) is 6.92. The molecule has 0 saturated carbocycles. The molecule has 4 rings (SSSR count). The van der Waals surface area contributed by atoms with Crippen molar-refractivity contribution in [2.45, 2.75) is 53.8 Å². The van der Waals surface area contributed by atoms with Gasteiger partial charge >= 0.3 is 0 Å². The fourth-order valence-corrected chi connectivity index (χ4v) is 9.40. The van der Waals surface area contributed by atoms with E-state index in [0.29, 0.717) is 5.41 Å². The van der Waals surface area contributed by atoms with Crippen LogP contribution in [0.25, 0.3) is 33.2 Å². The molecule has 0 unspecified atom stereocenters. The van der Waals surface area contributed by atoms with Crippen molar-refractivity contribution in [2.24, 2.45) is 12.5 Å². The molecule has 3 aromatic carbocycles. The van der Waals surface area contributed by atoms with Crippen LogP contribution in [0.2, 0.25) is 19.1 Å². The van der Waals surface area contributed by atoms with Crippen LogP contribution in [0.3, 0.4) is 0 Å². The van der Waals surface area contributed by atoms with E-state index in [4.69, 9.17) is 0 Å². The minimum absolute atomic E-state index is 0.353. The second-order valence-electron chi connectivity index (χ2n) is 11.5. The van der Waals surface area contributed by atoms with Crippen LogP contribution in [0.5, 0.6) is 0 Å². The standard InChI is InChI=1S/C31H38NSi/c1-22-18-26(24-12-10-9-11-13-24)20-29(23(22)2)30-28-15-14-27(19-25(28)16-17-32(30)6)33(7,8)21-31(3,4)5/h9-20H,21H2,1-8H3/q+1. The minimum Gasteiger partial charge on any atom is -0.200 e. The monoisotopic (exact) mass is 452 g/mol. The molecule has 0 aliphatic carbocycles. The Kier molecular flexibility index (Phi) is 6.09. The molecule has 0 aliphatic heterocycles. The Hall–Kier alpha value is -2.71. The van der Waals surface area contributed by atoms with E-state index in [1.54, 1.807) is 5.19 Å². The van der Waals surface area contributed by atoms with Gasteiger partial charge in [-0.25, -0.2) is 4.57 Å². The Morgan fingerprint density at radius 2 is 1.52 bits per heavy atom. The molecule has 0 N–H and O–H groups in total. The van der Waals surface area contributed by atoms with Crippen molar-refractivity contribution in [2.75, 3.05) is 0 Å². The van der Waals surface area contributed by atoms with Crippen molar-refractivity contribution < 1.29 is 4.57 Å². The summed E-state index contributed by atoms with van der Waals surface area (Å²) < 4.78 is 2.29. The van der Waals surface area contributed by atoms with Gasteiger partial charge in [0, 0.05) is 6.07 Å². The molecule has 0 bridgehead atoms. The van der Waals surface area contributed by atoms with Gasteiger partial charge in [-0.1, -0.05) is 87.6 Å². The molecule has 0 atom stereocenters. The van der Waals surface area contributed by atoms with Crippen molar-refractivity contribution >= 4 is 24.0 Å². The zero-order valence-electron chi connectivity index (χ0n) is 21.6. The summed E-state index contributed by atoms with van der Waals surface area (Å²) in [4.78, 5) is 0. The second kappa shape index (κ2) is 8.57. The summed E-state index contributed by atoms with van der Waals surface area (Å²) >= 11 is 0. The van der Waals surface area contributed by atoms with Crippen molar-refractivity contribution in [3.05, 3.63) is 84.1 Å². The van der Waals surface area contributed by atoms with Crippen LogP contribution < -0.4 is 9.75 Å². The van der Waals surface area contributed by atoms with Gasteiger partial charge in [-0.05, 0) is 65.1 Å². The number of nitrogens with zero attached hydrogens (tertiary/aromatic N) is 1. The van der Waals surface area contributed by atoms with Gasteiger partial charge in [0.05, 0.1) is 19.0 Å². The molecule has 0 amide bonds. The number of hydrogen-bond donors (Lipinski definition) is 0. The first kappa shape index (κ1) is 23.4. The Morgan fingerprint density at radius 1 is 0.818 bits per heavy atom. The minimum atomic E-state index is -1.52. The third-order valence-corrected chi connectivity index (χ3v) is 10.7. The topological polar surface area (TPSA) is 3.88 Å². The van der Waals surface area contributed by atoms with E-state index in [0.717, 1.165) is 0 Å². The number of hydrogen-bond acceptors (Lipinski definition) is 0. The lowest BCUT2D eigenvalue weighted by molar-refractivity contribution is -0.659. The molecular formula is C31H38NSi+. The highest BCUT2D eigenvalue weighted by atomic mass is 28.3. The van der Waals surface area contributed by atoms with Crippen LogP contribution in [-0.4, -0.2) is 8.07 Å². The fourth-order valence-electron chi connectivity index (χ4n) is 5.46. The molecule has 1 nitrogen and oxygen atoms in total. The summed E-state index contributed by atoms with van der Waals surface area (Å²) in [5, 5.41) is 4.23. The first-order valence-corrected chi connectivity index (χ1v) is 15.3. The Bertz CT molecular complexity index is 1310. The number of fused-ring (bicyclic) bond motifs is 1. The first-order valence-electron chi connectivity index (χ1n) is 12.1. The lowest BCUT2D eigenvalue weighted by Gasteiger charge is -2.31. The van der Waals surface area contributed by atoms with E-state index >= 15 is 0 Å². The number of rotatable bonds is 4. The smallest absolute Gasteiger partial charge is 0.200 e. The molecule has 0 radical (unpaired) electrons. The van der Waals surface area contributed by atoms with E-state index in [-0.39, 0.29) is 0 Å². The summed E-state index contributed by atoms with van der Waals surface area (Å²) in [6.07, 6.45) is 2.23. The van der Waals surface area contributed by atoms with Crippen LogP contribution in [0.4, 0.5) is 0 Å². The van der Waals surface area contributed by atoms with Crippen LogP contribution in [0.1, 0.15) is 31.9 Å². The zero-order chi connectivity index (χ0) is 24.0. The lowest BCUT2D eigenvalue weighted by atomic mass is 9.92. The van der Waals surface area contributed by atoms with Gasteiger partial charge in [0.2, 0.25) is 5.69 Å². The Labute approximate surface area is 201 Å². The Morgan fingerprint density at radius 3 is 2.18 bits per heavy atom. The van der Waals surface area contributed by atoms with Crippen LogP contribution in [0.15, 0.2) is 72.9 Å². The number of benzene rings is 3. The number of aryl methyl sites for hydroxylation is 2. The van der Waals surface area contributed by atoms with Crippen LogP contribution in [0, 0.1) is 19.3 Å². The molecule has 33 heavy (non-hydrogen) atoms. The van der Waals surface area contributed by atoms with E-state index < -0.39 is 8.07 Å². The highest BCUT2D eigenvalue weighted by molar-refractivity contribution is 6.90. The Balaban J connectivity index is 1.90. The van der Waals surface area contributed by atoms with Crippen LogP contribution >= 0.6 is 0 Å². The normalized spacial score (nSPS) is 12.4. The van der Waals surface area contributed by atoms with Gasteiger partial charge in [-0.2, -0.15) is 0 Å². The molecule has 170 valence electrons. The summed E-state index contributed by atoms with van der Waals surface area (Å²) in [5.41, 5.74) is 8.20.